The maximum atomic E-state index is 12.5. The van der Waals surface area contributed by atoms with Crippen molar-refractivity contribution in [3.63, 3.8) is 0 Å². The molecule has 2 N–H and O–H groups in total. The van der Waals surface area contributed by atoms with E-state index < -0.39 is 0 Å². The molecule has 0 radical (unpaired) electrons. The second kappa shape index (κ2) is 5.42. The molecule has 5 heteroatoms. The minimum absolute atomic E-state index is 0.194. The number of hydrogen-bond acceptors (Lipinski definition) is 3. The smallest absolute Gasteiger partial charge is 0.227 e. The lowest BCUT2D eigenvalue weighted by atomic mass is 10.1. The van der Waals surface area contributed by atoms with E-state index in [0.717, 1.165) is 53.7 Å². The summed E-state index contributed by atoms with van der Waals surface area (Å²) in [5.74, 6) is 0.194. The van der Waals surface area contributed by atoms with Gasteiger partial charge in [-0.25, -0.2) is 4.98 Å². The number of nitrogens with one attached hydrogen (secondary N) is 2. The Kier molecular flexibility index (Phi) is 3.27. The first-order valence-electron chi connectivity index (χ1n) is 7.66. The van der Waals surface area contributed by atoms with E-state index in [1.165, 1.54) is 0 Å². The number of carbonyl (C=O) groups is 1. The molecule has 5 nitrogen and oxygen atoms in total. The summed E-state index contributed by atoms with van der Waals surface area (Å²) in [5.41, 5.74) is 2.96. The molecule has 1 aliphatic heterocycles. The number of rotatable bonds is 2. The topological polar surface area (TPSA) is 61.0 Å². The molecule has 0 unspecified atom stereocenters. The zero-order chi connectivity index (χ0) is 14.9. The Morgan fingerprint density at radius 2 is 2.00 bits per heavy atom. The third-order valence-corrected chi connectivity index (χ3v) is 4.30. The van der Waals surface area contributed by atoms with Gasteiger partial charge >= 0.3 is 0 Å². The predicted octanol–water partition coefficient (Wildman–Crippen LogP) is 1.69. The van der Waals surface area contributed by atoms with Crippen LogP contribution in [0.15, 0.2) is 36.5 Å². The minimum atomic E-state index is 0.194. The molecule has 1 amide bonds. The van der Waals surface area contributed by atoms with Crippen molar-refractivity contribution in [1.82, 2.24) is 20.2 Å². The van der Waals surface area contributed by atoms with E-state index in [2.05, 4.69) is 21.4 Å². The molecule has 1 saturated heterocycles. The third kappa shape index (κ3) is 2.23. The van der Waals surface area contributed by atoms with E-state index in [1.54, 1.807) is 6.20 Å². The third-order valence-electron chi connectivity index (χ3n) is 4.30. The number of fused-ring (bicyclic) bond motifs is 3. The van der Waals surface area contributed by atoms with E-state index in [-0.39, 0.29) is 5.91 Å². The monoisotopic (exact) mass is 294 g/mol. The second-order valence-corrected chi connectivity index (χ2v) is 5.67. The fourth-order valence-corrected chi connectivity index (χ4v) is 3.17. The molecule has 2 aromatic heterocycles. The zero-order valence-electron chi connectivity index (χ0n) is 12.3. The van der Waals surface area contributed by atoms with Gasteiger partial charge in [-0.05, 0) is 17.7 Å². The van der Waals surface area contributed by atoms with Crippen molar-refractivity contribution in [3.8, 4) is 0 Å². The predicted molar refractivity (Wildman–Crippen MR) is 86.8 cm³/mol. The van der Waals surface area contributed by atoms with Crippen LogP contribution >= 0.6 is 0 Å². The summed E-state index contributed by atoms with van der Waals surface area (Å²) >= 11 is 0. The van der Waals surface area contributed by atoms with Crippen molar-refractivity contribution < 1.29 is 4.79 Å². The first kappa shape index (κ1) is 13.3. The maximum absolute atomic E-state index is 12.5. The highest BCUT2D eigenvalue weighted by atomic mass is 16.2. The van der Waals surface area contributed by atoms with E-state index in [4.69, 9.17) is 0 Å². The first-order valence-corrected chi connectivity index (χ1v) is 7.66. The Balaban J connectivity index is 1.73. The standard InChI is InChI=1S/C17H18N4O/c22-15(21-9-7-18-8-10-21)11-12-5-6-19-17-16(12)13-3-1-2-4-14(13)20-17/h1-6,18H,7-11H2,(H,19,20). The van der Waals surface area contributed by atoms with Gasteiger partial charge in [0.05, 0.1) is 6.42 Å². The summed E-state index contributed by atoms with van der Waals surface area (Å²) in [5, 5.41) is 5.48. The van der Waals surface area contributed by atoms with E-state index in [9.17, 15) is 4.79 Å². The fourth-order valence-electron chi connectivity index (χ4n) is 3.17. The van der Waals surface area contributed by atoms with Crippen LogP contribution in [0, 0.1) is 0 Å². The van der Waals surface area contributed by atoms with Crippen molar-refractivity contribution in [1.29, 1.82) is 0 Å². The van der Waals surface area contributed by atoms with E-state index in [1.807, 2.05) is 29.2 Å². The number of nitrogens with zero attached hydrogens (tertiary/aromatic N) is 2. The van der Waals surface area contributed by atoms with Gasteiger partial charge in [0.1, 0.15) is 5.65 Å². The number of carbonyl (C=O) groups excluding carboxylic acids is 1. The van der Waals surface area contributed by atoms with Gasteiger partial charge in [0, 0.05) is 48.7 Å². The van der Waals surface area contributed by atoms with Crippen LogP contribution in [0.3, 0.4) is 0 Å². The average molecular weight is 294 g/mol. The molecule has 22 heavy (non-hydrogen) atoms. The van der Waals surface area contributed by atoms with Gasteiger partial charge in [-0.15, -0.1) is 0 Å². The Hall–Kier alpha value is -2.40. The van der Waals surface area contributed by atoms with Crippen molar-refractivity contribution in [3.05, 3.63) is 42.1 Å². The van der Waals surface area contributed by atoms with Crippen LogP contribution in [-0.4, -0.2) is 47.0 Å². The Morgan fingerprint density at radius 1 is 1.18 bits per heavy atom. The Labute approximate surface area is 128 Å². The SMILES string of the molecule is O=C(Cc1ccnc2[nH]c3ccccc3c12)N1CCNCC1. The van der Waals surface area contributed by atoms with Crippen molar-refractivity contribution >= 4 is 27.8 Å². The summed E-state index contributed by atoms with van der Waals surface area (Å²) in [4.78, 5) is 22.2. The number of piperazine rings is 1. The van der Waals surface area contributed by atoms with E-state index in [0.29, 0.717) is 6.42 Å². The summed E-state index contributed by atoms with van der Waals surface area (Å²) in [7, 11) is 0. The molecule has 0 atom stereocenters. The maximum Gasteiger partial charge on any atom is 0.227 e. The summed E-state index contributed by atoms with van der Waals surface area (Å²) in [6.07, 6.45) is 2.21. The number of aromatic amines is 1. The highest BCUT2D eigenvalue weighted by Crippen LogP contribution is 2.27. The van der Waals surface area contributed by atoms with Crippen LogP contribution in [-0.2, 0) is 11.2 Å². The lowest BCUT2D eigenvalue weighted by molar-refractivity contribution is -0.131. The number of hydrogen-bond donors (Lipinski definition) is 2. The molecule has 1 aliphatic rings. The van der Waals surface area contributed by atoms with Gasteiger partial charge in [0.25, 0.3) is 0 Å². The van der Waals surface area contributed by atoms with Gasteiger partial charge in [0.2, 0.25) is 5.91 Å². The largest absolute Gasteiger partial charge is 0.340 e. The fraction of sp³-hybridized carbons (Fsp3) is 0.294. The van der Waals surface area contributed by atoms with Crippen LogP contribution in [0.5, 0.6) is 0 Å². The van der Waals surface area contributed by atoms with E-state index >= 15 is 0 Å². The van der Waals surface area contributed by atoms with Crippen LogP contribution in [0.25, 0.3) is 21.9 Å². The number of para-hydroxylation sites is 1. The normalized spacial score (nSPS) is 15.5. The van der Waals surface area contributed by atoms with Crippen LogP contribution < -0.4 is 5.32 Å². The summed E-state index contributed by atoms with van der Waals surface area (Å²) < 4.78 is 0. The average Bonchev–Trinajstić information content (AvgIpc) is 2.95. The number of benzene rings is 1. The minimum Gasteiger partial charge on any atom is -0.340 e. The van der Waals surface area contributed by atoms with Crippen LogP contribution in [0.2, 0.25) is 0 Å². The summed E-state index contributed by atoms with van der Waals surface area (Å²) in [6, 6.07) is 10.1. The summed E-state index contributed by atoms with van der Waals surface area (Å²) in [6.45, 7) is 3.34. The molecule has 0 aliphatic carbocycles. The lowest BCUT2D eigenvalue weighted by Crippen LogP contribution is -2.46. The number of amides is 1. The molecule has 112 valence electrons. The molecular weight excluding hydrogens is 276 g/mol. The Bertz CT molecular complexity index is 833. The molecule has 1 fully saturated rings. The molecule has 1 aromatic carbocycles. The van der Waals surface area contributed by atoms with Gasteiger partial charge in [-0.2, -0.15) is 0 Å². The molecule has 0 bridgehead atoms. The van der Waals surface area contributed by atoms with Gasteiger partial charge in [-0.3, -0.25) is 4.79 Å². The second-order valence-electron chi connectivity index (χ2n) is 5.67. The molecular formula is C17H18N4O. The van der Waals surface area contributed by atoms with Crippen LogP contribution in [0.4, 0.5) is 0 Å². The van der Waals surface area contributed by atoms with Gasteiger partial charge < -0.3 is 15.2 Å². The van der Waals surface area contributed by atoms with Crippen molar-refractivity contribution in [2.24, 2.45) is 0 Å². The molecule has 0 saturated carbocycles. The lowest BCUT2D eigenvalue weighted by Gasteiger charge is -2.27. The Morgan fingerprint density at radius 3 is 2.86 bits per heavy atom. The van der Waals surface area contributed by atoms with Gasteiger partial charge in [-0.1, -0.05) is 18.2 Å². The molecule has 3 heterocycles. The van der Waals surface area contributed by atoms with Gasteiger partial charge in [0.15, 0.2) is 0 Å². The molecule has 0 spiro atoms. The highest BCUT2D eigenvalue weighted by molar-refractivity contribution is 6.08. The van der Waals surface area contributed by atoms with Crippen LogP contribution in [0.1, 0.15) is 5.56 Å². The number of H-pyrrole nitrogens is 1. The first-order chi connectivity index (χ1) is 10.8. The highest BCUT2D eigenvalue weighted by Gasteiger charge is 2.18. The zero-order valence-corrected chi connectivity index (χ0v) is 12.3. The molecule has 3 aromatic rings. The quantitative estimate of drug-likeness (QED) is 0.756. The van der Waals surface area contributed by atoms with Crippen molar-refractivity contribution in [2.45, 2.75) is 6.42 Å². The number of aromatic nitrogens is 2. The molecule has 4 rings (SSSR count). The number of pyridine rings is 1. The van der Waals surface area contributed by atoms with Crippen molar-refractivity contribution in [2.75, 3.05) is 26.2 Å².